The van der Waals surface area contributed by atoms with E-state index in [4.69, 9.17) is 4.42 Å². The Morgan fingerprint density at radius 2 is 1.59 bits per heavy atom. The Morgan fingerprint density at radius 1 is 0.846 bits per heavy atom. The summed E-state index contributed by atoms with van der Waals surface area (Å²) in [6, 6.07) is 19.8. The molecule has 0 N–H and O–H groups in total. The third kappa shape index (κ3) is 4.46. The van der Waals surface area contributed by atoms with Gasteiger partial charge in [-0.2, -0.15) is 0 Å². The zero-order valence-electron chi connectivity index (χ0n) is 20.9. The third-order valence-electron chi connectivity index (χ3n) is 7.29. The lowest BCUT2D eigenvalue weighted by molar-refractivity contribution is 0.0654. The summed E-state index contributed by atoms with van der Waals surface area (Å²) in [6.07, 6.45) is 0.421. The molecule has 0 radical (unpaired) electrons. The van der Waals surface area contributed by atoms with Gasteiger partial charge in [0.1, 0.15) is 17.0 Å². The predicted octanol–water partition coefficient (Wildman–Crippen LogP) is 3.73. The van der Waals surface area contributed by atoms with Crippen molar-refractivity contribution in [2.75, 3.05) is 37.6 Å². The van der Waals surface area contributed by atoms with E-state index in [1.54, 1.807) is 53.4 Å². The van der Waals surface area contributed by atoms with Crippen molar-refractivity contribution in [1.29, 1.82) is 0 Å². The van der Waals surface area contributed by atoms with Crippen LogP contribution in [0.1, 0.15) is 36.6 Å². The predicted molar refractivity (Wildman–Crippen MR) is 143 cm³/mol. The Labute approximate surface area is 222 Å². The van der Waals surface area contributed by atoms with E-state index in [0.29, 0.717) is 60.4 Å². The van der Waals surface area contributed by atoms with Crippen molar-refractivity contribution in [2.24, 2.45) is 0 Å². The molecule has 3 heterocycles. The Hall–Kier alpha value is -4.79. The van der Waals surface area contributed by atoms with Gasteiger partial charge in [0, 0.05) is 38.1 Å². The molecule has 9 heteroatoms. The van der Waals surface area contributed by atoms with Crippen LogP contribution in [0.4, 0.5) is 10.1 Å². The van der Waals surface area contributed by atoms with E-state index in [2.05, 4.69) is 0 Å². The number of anilines is 1. The second kappa shape index (κ2) is 9.83. The van der Waals surface area contributed by atoms with Gasteiger partial charge in [0.25, 0.3) is 17.7 Å². The van der Waals surface area contributed by atoms with Crippen LogP contribution in [0.15, 0.2) is 82.0 Å². The molecule has 3 amide bonds. The first-order chi connectivity index (χ1) is 18.9. The lowest BCUT2D eigenvalue weighted by atomic mass is 10.1. The molecule has 1 saturated heterocycles. The van der Waals surface area contributed by atoms with E-state index in [1.807, 2.05) is 17.0 Å². The number of fused-ring (bicyclic) bond motifs is 2. The van der Waals surface area contributed by atoms with E-state index >= 15 is 0 Å². The molecule has 8 nitrogen and oxygen atoms in total. The highest BCUT2D eigenvalue weighted by Gasteiger charge is 2.38. The first kappa shape index (κ1) is 24.5. The number of nitrogens with zero attached hydrogens (tertiary/aromatic N) is 3. The number of carbonyl (C=O) groups is 3. The van der Waals surface area contributed by atoms with Crippen molar-refractivity contribution in [1.82, 2.24) is 9.80 Å². The molecule has 0 spiro atoms. The summed E-state index contributed by atoms with van der Waals surface area (Å²) >= 11 is 0. The van der Waals surface area contributed by atoms with Gasteiger partial charge in [-0.25, -0.2) is 9.18 Å². The summed E-state index contributed by atoms with van der Waals surface area (Å²) in [4.78, 5) is 56.9. The molecule has 0 atom stereocenters. The first-order valence-corrected chi connectivity index (χ1v) is 12.7. The Kier molecular flexibility index (Phi) is 6.18. The molecule has 39 heavy (non-hydrogen) atoms. The summed E-state index contributed by atoms with van der Waals surface area (Å²) in [5.41, 5.74) is 1.92. The topological polar surface area (TPSA) is 91.1 Å². The quantitative estimate of drug-likeness (QED) is 0.291. The fourth-order valence-electron chi connectivity index (χ4n) is 5.21. The SMILES string of the molecule is O=C(c1cc2ccccc2oc1=O)N1CCN(c2cccc3c2C(=O)N(CCc2ccc(F)cc2)C3=O)CC1. The molecule has 1 fully saturated rings. The maximum absolute atomic E-state index is 13.4. The van der Waals surface area contributed by atoms with Crippen LogP contribution in [0.2, 0.25) is 0 Å². The van der Waals surface area contributed by atoms with Crippen molar-refractivity contribution in [3.63, 3.8) is 0 Å². The van der Waals surface area contributed by atoms with Gasteiger partial charge in [-0.15, -0.1) is 0 Å². The van der Waals surface area contributed by atoms with E-state index in [1.165, 1.54) is 17.0 Å². The summed E-state index contributed by atoms with van der Waals surface area (Å²) in [7, 11) is 0. The van der Waals surface area contributed by atoms with Crippen molar-refractivity contribution in [3.05, 3.63) is 111 Å². The number of imide groups is 1. The molecule has 4 aromatic rings. The molecule has 196 valence electrons. The number of piperazine rings is 1. The van der Waals surface area contributed by atoms with Crippen LogP contribution in [-0.2, 0) is 6.42 Å². The van der Waals surface area contributed by atoms with Crippen LogP contribution in [0.5, 0.6) is 0 Å². The third-order valence-corrected chi connectivity index (χ3v) is 7.29. The van der Waals surface area contributed by atoms with Crippen LogP contribution < -0.4 is 10.5 Å². The minimum Gasteiger partial charge on any atom is -0.422 e. The average Bonchev–Trinajstić information content (AvgIpc) is 3.21. The highest BCUT2D eigenvalue weighted by atomic mass is 19.1. The number of carbonyl (C=O) groups excluding carboxylic acids is 3. The maximum atomic E-state index is 13.4. The summed E-state index contributed by atoms with van der Waals surface area (Å²) in [5.74, 6) is -1.45. The minimum absolute atomic E-state index is 0.0136. The summed E-state index contributed by atoms with van der Waals surface area (Å²) < 4.78 is 18.5. The Bertz CT molecular complexity index is 1670. The molecule has 2 aliphatic heterocycles. The van der Waals surface area contributed by atoms with Crippen LogP contribution in [0.25, 0.3) is 11.0 Å². The first-order valence-electron chi connectivity index (χ1n) is 12.7. The van der Waals surface area contributed by atoms with E-state index in [-0.39, 0.29) is 29.7 Å². The van der Waals surface area contributed by atoms with Crippen molar-refractivity contribution >= 4 is 34.4 Å². The second-order valence-corrected chi connectivity index (χ2v) is 9.60. The smallest absolute Gasteiger partial charge is 0.349 e. The molecule has 0 saturated carbocycles. The largest absolute Gasteiger partial charge is 0.422 e. The van der Waals surface area contributed by atoms with Gasteiger partial charge < -0.3 is 14.2 Å². The van der Waals surface area contributed by atoms with Gasteiger partial charge >= 0.3 is 5.63 Å². The number of benzene rings is 3. The fraction of sp³-hybridized carbons (Fsp3) is 0.200. The van der Waals surface area contributed by atoms with Crippen LogP contribution in [-0.4, -0.2) is 60.2 Å². The number of hydrogen-bond acceptors (Lipinski definition) is 6. The molecule has 3 aromatic carbocycles. The molecular formula is C30H24FN3O5. The van der Waals surface area contributed by atoms with Crippen LogP contribution >= 0.6 is 0 Å². The van der Waals surface area contributed by atoms with E-state index in [9.17, 15) is 23.6 Å². The number of para-hydroxylation sites is 1. The monoisotopic (exact) mass is 525 g/mol. The Balaban J connectivity index is 1.17. The van der Waals surface area contributed by atoms with Gasteiger partial charge in [-0.05, 0) is 48.4 Å². The number of rotatable bonds is 5. The van der Waals surface area contributed by atoms with Crippen LogP contribution in [0, 0.1) is 5.82 Å². The number of halogens is 1. The van der Waals surface area contributed by atoms with Gasteiger partial charge in [0.05, 0.1) is 16.8 Å². The molecule has 6 rings (SSSR count). The number of hydrogen-bond donors (Lipinski definition) is 0. The molecular weight excluding hydrogens is 501 g/mol. The Morgan fingerprint density at radius 3 is 2.36 bits per heavy atom. The van der Waals surface area contributed by atoms with Gasteiger partial charge in [0.15, 0.2) is 0 Å². The second-order valence-electron chi connectivity index (χ2n) is 9.60. The molecule has 0 unspecified atom stereocenters. The molecule has 2 aliphatic rings. The van der Waals surface area contributed by atoms with Gasteiger partial charge in [-0.3, -0.25) is 19.3 Å². The lowest BCUT2D eigenvalue weighted by Gasteiger charge is -2.36. The van der Waals surface area contributed by atoms with E-state index in [0.717, 1.165) is 5.56 Å². The minimum atomic E-state index is -0.674. The fourth-order valence-corrected chi connectivity index (χ4v) is 5.21. The van der Waals surface area contributed by atoms with Crippen molar-refractivity contribution in [2.45, 2.75) is 6.42 Å². The standard InChI is InChI=1S/C30H24FN3O5/c31-21-10-8-19(9-11-21)12-13-34-28(36)22-5-3-6-24(26(22)29(34)37)32-14-16-33(17-15-32)27(35)23-18-20-4-1-2-7-25(20)39-30(23)38/h1-11,18H,12-17H2. The van der Waals surface area contributed by atoms with Crippen molar-refractivity contribution in [3.8, 4) is 0 Å². The summed E-state index contributed by atoms with van der Waals surface area (Å²) in [5, 5.41) is 0.672. The normalized spacial score (nSPS) is 15.3. The van der Waals surface area contributed by atoms with Gasteiger partial charge in [0.2, 0.25) is 0 Å². The summed E-state index contributed by atoms with van der Waals surface area (Å²) in [6.45, 7) is 1.72. The van der Waals surface area contributed by atoms with Crippen molar-refractivity contribution < 1.29 is 23.2 Å². The highest BCUT2D eigenvalue weighted by Crippen LogP contribution is 2.32. The highest BCUT2D eigenvalue weighted by molar-refractivity contribution is 6.23. The number of amides is 3. The van der Waals surface area contributed by atoms with Crippen LogP contribution in [0.3, 0.4) is 0 Å². The lowest BCUT2D eigenvalue weighted by Crippen LogP contribution is -2.49. The van der Waals surface area contributed by atoms with E-state index < -0.39 is 11.5 Å². The molecule has 0 aliphatic carbocycles. The maximum Gasteiger partial charge on any atom is 0.349 e. The van der Waals surface area contributed by atoms with Gasteiger partial charge in [-0.1, -0.05) is 36.4 Å². The zero-order valence-corrected chi connectivity index (χ0v) is 20.9. The zero-order chi connectivity index (χ0) is 27.1. The molecule has 0 bridgehead atoms. The average molecular weight is 526 g/mol. The molecule has 1 aromatic heterocycles.